The zero-order valence-corrected chi connectivity index (χ0v) is 14.3. The third kappa shape index (κ3) is 38.1. The summed E-state index contributed by atoms with van der Waals surface area (Å²) >= 11 is 0. The van der Waals surface area contributed by atoms with Gasteiger partial charge in [-0.1, -0.05) is 7.43 Å². The summed E-state index contributed by atoms with van der Waals surface area (Å²) in [6, 6.07) is 0.310. The second-order valence-corrected chi connectivity index (χ2v) is 3.76. The monoisotopic (exact) mass is 362 g/mol. The standard InChI is InChI=1S/C10H26N4.CH4.4ClH/c1-10(12)4-9-14-8-3-7-13-6-2-5-11;;;;;/h10,13-14H,2-9,11-12H2,1H3;1H4;4*1H. The number of hydrogen-bond donors (Lipinski definition) is 4. The molecule has 8 heteroatoms. The van der Waals surface area contributed by atoms with E-state index in [1.165, 1.54) is 6.42 Å². The minimum Gasteiger partial charge on any atom is -0.330 e. The highest BCUT2D eigenvalue weighted by Crippen LogP contribution is 1.82. The van der Waals surface area contributed by atoms with Crippen molar-refractivity contribution in [1.29, 1.82) is 0 Å². The molecule has 0 radical (unpaired) electrons. The lowest BCUT2D eigenvalue weighted by atomic mass is 10.2. The predicted octanol–water partition coefficient (Wildman–Crippen LogP) is 1.97. The van der Waals surface area contributed by atoms with Gasteiger partial charge in [0.25, 0.3) is 0 Å². The van der Waals surface area contributed by atoms with Crippen molar-refractivity contribution in [2.75, 3.05) is 32.7 Å². The highest BCUT2D eigenvalue weighted by molar-refractivity contribution is 5.86. The molecule has 6 N–H and O–H groups in total. The van der Waals surface area contributed by atoms with Crippen LogP contribution in [0.1, 0.15) is 33.6 Å². The molecule has 0 spiro atoms. The van der Waals surface area contributed by atoms with Gasteiger partial charge in [-0.25, -0.2) is 0 Å². The summed E-state index contributed by atoms with van der Waals surface area (Å²) in [6.07, 6.45) is 3.29. The molecule has 4 nitrogen and oxygen atoms in total. The van der Waals surface area contributed by atoms with Crippen LogP contribution >= 0.6 is 49.6 Å². The van der Waals surface area contributed by atoms with E-state index in [1.54, 1.807) is 0 Å². The first-order valence-corrected chi connectivity index (χ1v) is 5.64. The van der Waals surface area contributed by atoms with Gasteiger partial charge in [0.15, 0.2) is 0 Å². The van der Waals surface area contributed by atoms with Crippen LogP contribution in [0.4, 0.5) is 0 Å². The highest BCUT2D eigenvalue weighted by atomic mass is 35.5. The van der Waals surface area contributed by atoms with E-state index in [0.717, 1.165) is 45.6 Å². The molecule has 0 amide bonds. The zero-order valence-electron chi connectivity index (χ0n) is 11.0. The lowest BCUT2D eigenvalue weighted by molar-refractivity contribution is 0.555. The van der Waals surface area contributed by atoms with Crippen LogP contribution in [0, 0.1) is 0 Å². The van der Waals surface area contributed by atoms with E-state index < -0.39 is 0 Å². The highest BCUT2D eigenvalue weighted by Gasteiger charge is 1.92. The van der Waals surface area contributed by atoms with Gasteiger partial charge in [-0.2, -0.15) is 0 Å². The van der Waals surface area contributed by atoms with E-state index in [4.69, 9.17) is 11.5 Å². The van der Waals surface area contributed by atoms with Gasteiger partial charge in [-0.15, -0.1) is 49.6 Å². The molecule has 0 saturated heterocycles. The Morgan fingerprint density at radius 1 is 0.842 bits per heavy atom. The number of nitrogens with two attached hydrogens (primary N) is 2. The summed E-state index contributed by atoms with van der Waals surface area (Å²) in [5.41, 5.74) is 11.0. The normalized spacial score (nSPS) is 9.63. The molecule has 0 bridgehead atoms. The average Bonchev–Trinajstić information content (AvgIpc) is 2.15. The molecule has 126 valence electrons. The van der Waals surface area contributed by atoms with Crippen LogP contribution in [-0.2, 0) is 0 Å². The molecule has 1 atom stereocenters. The van der Waals surface area contributed by atoms with Crippen molar-refractivity contribution >= 4 is 49.6 Å². The van der Waals surface area contributed by atoms with E-state index in [0.29, 0.717) is 6.04 Å². The second kappa shape index (κ2) is 31.4. The predicted molar refractivity (Wildman–Crippen MR) is 98.0 cm³/mol. The van der Waals surface area contributed by atoms with Crippen LogP contribution in [0.5, 0.6) is 0 Å². The molecule has 0 aliphatic heterocycles. The molecule has 0 saturated carbocycles. The Kier molecular flexibility index (Phi) is 60.9. The summed E-state index contributed by atoms with van der Waals surface area (Å²) in [7, 11) is 0. The van der Waals surface area contributed by atoms with Gasteiger partial charge in [0, 0.05) is 6.04 Å². The van der Waals surface area contributed by atoms with Crippen molar-refractivity contribution < 1.29 is 0 Å². The molecular formula is C11H34Cl4N4. The molecule has 0 aromatic rings. The van der Waals surface area contributed by atoms with E-state index in [2.05, 4.69) is 10.6 Å². The molecule has 0 aliphatic carbocycles. The van der Waals surface area contributed by atoms with E-state index in [1.807, 2.05) is 6.92 Å². The second-order valence-electron chi connectivity index (χ2n) is 3.76. The van der Waals surface area contributed by atoms with Crippen molar-refractivity contribution in [2.45, 2.75) is 39.7 Å². The molecular weight excluding hydrogens is 330 g/mol. The fourth-order valence-corrected chi connectivity index (χ4v) is 1.15. The van der Waals surface area contributed by atoms with E-state index in [9.17, 15) is 0 Å². The lowest BCUT2D eigenvalue weighted by Gasteiger charge is -2.07. The van der Waals surface area contributed by atoms with Gasteiger partial charge in [0.05, 0.1) is 0 Å². The number of nitrogens with one attached hydrogen (secondary N) is 2. The lowest BCUT2D eigenvalue weighted by Crippen LogP contribution is -2.27. The molecule has 0 rings (SSSR count). The quantitative estimate of drug-likeness (QED) is 0.447. The van der Waals surface area contributed by atoms with Gasteiger partial charge < -0.3 is 22.1 Å². The van der Waals surface area contributed by atoms with Crippen LogP contribution < -0.4 is 22.1 Å². The van der Waals surface area contributed by atoms with Crippen LogP contribution in [0.25, 0.3) is 0 Å². The smallest absolute Gasteiger partial charge is 0.00225 e. The Balaban J connectivity index is -0.0000000845. The maximum absolute atomic E-state index is 5.62. The van der Waals surface area contributed by atoms with Gasteiger partial charge in [0.2, 0.25) is 0 Å². The first-order chi connectivity index (χ1) is 6.77. The number of rotatable bonds is 10. The molecule has 0 aromatic heterocycles. The topological polar surface area (TPSA) is 76.1 Å². The largest absolute Gasteiger partial charge is 0.330 e. The third-order valence-corrected chi connectivity index (χ3v) is 2.04. The van der Waals surface area contributed by atoms with Gasteiger partial charge in [0.1, 0.15) is 0 Å². The average molecular weight is 364 g/mol. The van der Waals surface area contributed by atoms with Crippen molar-refractivity contribution in [3.63, 3.8) is 0 Å². The molecule has 0 heterocycles. The maximum atomic E-state index is 5.62. The van der Waals surface area contributed by atoms with Gasteiger partial charge >= 0.3 is 0 Å². The fraction of sp³-hybridized carbons (Fsp3) is 1.00. The summed E-state index contributed by atoms with van der Waals surface area (Å²) in [6.45, 7) is 7.03. The molecule has 0 fully saturated rings. The number of hydrogen-bond acceptors (Lipinski definition) is 4. The van der Waals surface area contributed by atoms with Crippen molar-refractivity contribution in [3.05, 3.63) is 0 Å². The Labute approximate surface area is 144 Å². The Morgan fingerprint density at radius 2 is 1.26 bits per heavy atom. The summed E-state index contributed by atoms with van der Waals surface area (Å²) in [4.78, 5) is 0. The van der Waals surface area contributed by atoms with Crippen LogP contribution in [0.2, 0.25) is 0 Å². The van der Waals surface area contributed by atoms with E-state index >= 15 is 0 Å². The van der Waals surface area contributed by atoms with Crippen molar-refractivity contribution in [2.24, 2.45) is 11.5 Å². The molecule has 0 aromatic carbocycles. The van der Waals surface area contributed by atoms with Crippen LogP contribution in [0.3, 0.4) is 0 Å². The SMILES string of the molecule is C.CC(N)CCNCCCNCCCN.Cl.Cl.Cl.Cl. The summed E-state index contributed by atoms with van der Waals surface area (Å²) in [5.74, 6) is 0. The first-order valence-electron chi connectivity index (χ1n) is 5.64. The minimum absolute atomic E-state index is 0. The maximum Gasteiger partial charge on any atom is 0.00225 e. The molecule has 19 heavy (non-hydrogen) atoms. The Bertz CT molecular complexity index is 121. The Morgan fingerprint density at radius 3 is 1.68 bits per heavy atom. The van der Waals surface area contributed by atoms with E-state index in [-0.39, 0.29) is 57.1 Å². The fourth-order valence-electron chi connectivity index (χ4n) is 1.15. The Hall–Kier alpha value is 1.00. The van der Waals surface area contributed by atoms with Crippen LogP contribution in [-0.4, -0.2) is 38.8 Å². The first kappa shape index (κ1) is 36.8. The molecule has 1 unspecified atom stereocenters. The number of halogens is 4. The van der Waals surface area contributed by atoms with Crippen LogP contribution in [0.15, 0.2) is 0 Å². The minimum atomic E-state index is 0. The van der Waals surface area contributed by atoms with Crippen molar-refractivity contribution in [3.8, 4) is 0 Å². The molecule has 0 aliphatic rings. The zero-order chi connectivity index (χ0) is 10.6. The van der Waals surface area contributed by atoms with Gasteiger partial charge in [-0.05, 0) is 58.9 Å². The summed E-state index contributed by atoms with van der Waals surface area (Å²) < 4.78 is 0. The van der Waals surface area contributed by atoms with Crippen molar-refractivity contribution in [1.82, 2.24) is 10.6 Å². The van der Waals surface area contributed by atoms with Gasteiger partial charge in [-0.3, -0.25) is 0 Å². The summed E-state index contributed by atoms with van der Waals surface area (Å²) in [5, 5.41) is 6.70. The third-order valence-electron chi connectivity index (χ3n) is 2.04.